The van der Waals surface area contributed by atoms with E-state index in [0.717, 1.165) is 4.90 Å². The van der Waals surface area contributed by atoms with Crippen LogP contribution >= 0.6 is 11.8 Å². The van der Waals surface area contributed by atoms with E-state index < -0.39 is 9.84 Å². The largest absolute Gasteiger partial charge is 0.409 e. The maximum absolute atomic E-state index is 10.9. The van der Waals surface area contributed by atoms with Gasteiger partial charge >= 0.3 is 0 Å². The Balaban J connectivity index is 2.67. The maximum Gasteiger partial charge on any atom is 0.188 e. The molecule has 0 fully saturated rings. The quantitative estimate of drug-likeness (QED) is 0.263. The van der Waals surface area contributed by atoms with Gasteiger partial charge in [0, 0.05) is 23.1 Å². The molecular formula is C9H13N3O3S2. The van der Waals surface area contributed by atoms with Gasteiger partial charge in [-0.05, 0) is 12.1 Å². The summed E-state index contributed by atoms with van der Waals surface area (Å²) in [5.41, 5.74) is 5.75. The molecule has 0 aromatic carbocycles. The fourth-order valence-corrected chi connectivity index (χ4v) is 3.14. The summed E-state index contributed by atoms with van der Waals surface area (Å²) in [5, 5.41) is 11.3. The highest BCUT2D eigenvalue weighted by molar-refractivity contribution is 8.00. The molecule has 0 aliphatic rings. The SMILES string of the molecule is CS(=O)(=O)CCSc1ccnc(C(N)=NO)c1. The van der Waals surface area contributed by atoms with Crippen LogP contribution in [0.4, 0.5) is 0 Å². The van der Waals surface area contributed by atoms with E-state index in [1.54, 1.807) is 12.1 Å². The van der Waals surface area contributed by atoms with Crippen molar-refractivity contribution in [3.05, 3.63) is 24.0 Å². The van der Waals surface area contributed by atoms with Gasteiger partial charge in [-0.1, -0.05) is 5.16 Å². The second-order valence-electron chi connectivity index (χ2n) is 3.34. The molecule has 1 aromatic heterocycles. The van der Waals surface area contributed by atoms with Gasteiger partial charge in [0.2, 0.25) is 0 Å². The normalized spacial score (nSPS) is 12.6. The number of hydrogen-bond acceptors (Lipinski definition) is 6. The van der Waals surface area contributed by atoms with Gasteiger partial charge in [-0.15, -0.1) is 11.8 Å². The number of amidine groups is 1. The third-order valence-corrected chi connectivity index (χ3v) is 4.02. The molecule has 0 radical (unpaired) electrons. The first-order valence-electron chi connectivity index (χ1n) is 4.67. The average molecular weight is 275 g/mol. The topological polar surface area (TPSA) is 106 Å². The molecule has 0 spiro atoms. The van der Waals surface area contributed by atoms with Crippen molar-refractivity contribution in [1.29, 1.82) is 0 Å². The van der Waals surface area contributed by atoms with Crippen molar-refractivity contribution < 1.29 is 13.6 Å². The number of pyridine rings is 1. The highest BCUT2D eigenvalue weighted by Gasteiger charge is 2.05. The smallest absolute Gasteiger partial charge is 0.188 e. The third-order valence-electron chi connectivity index (χ3n) is 1.82. The van der Waals surface area contributed by atoms with Crippen molar-refractivity contribution in [2.24, 2.45) is 10.9 Å². The Hall–Kier alpha value is -1.28. The summed E-state index contributed by atoms with van der Waals surface area (Å²) in [6.45, 7) is 0. The number of nitrogens with zero attached hydrogens (tertiary/aromatic N) is 2. The summed E-state index contributed by atoms with van der Waals surface area (Å²) >= 11 is 1.38. The molecule has 0 saturated heterocycles. The van der Waals surface area contributed by atoms with E-state index in [-0.39, 0.29) is 11.6 Å². The van der Waals surface area contributed by atoms with Crippen LogP contribution < -0.4 is 5.73 Å². The molecule has 3 N–H and O–H groups in total. The van der Waals surface area contributed by atoms with Gasteiger partial charge in [-0.2, -0.15) is 0 Å². The Labute approximate surface area is 104 Å². The van der Waals surface area contributed by atoms with E-state index in [4.69, 9.17) is 10.9 Å². The Bertz CT molecular complexity index is 514. The summed E-state index contributed by atoms with van der Waals surface area (Å²) in [5.74, 6) is 0.493. The monoisotopic (exact) mass is 275 g/mol. The predicted octanol–water partition coefficient (Wildman–Crippen LogP) is 0.313. The number of hydrogen-bond donors (Lipinski definition) is 2. The van der Waals surface area contributed by atoms with Crippen molar-refractivity contribution >= 4 is 27.4 Å². The number of aromatic nitrogens is 1. The molecule has 6 nitrogen and oxygen atoms in total. The van der Waals surface area contributed by atoms with Gasteiger partial charge in [0.1, 0.15) is 15.5 Å². The molecule has 8 heteroatoms. The maximum atomic E-state index is 10.9. The van der Waals surface area contributed by atoms with Gasteiger partial charge in [0.15, 0.2) is 5.84 Å². The summed E-state index contributed by atoms with van der Waals surface area (Å²) in [6, 6.07) is 3.38. The number of sulfone groups is 1. The van der Waals surface area contributed by atoms with Gasteiger partial charge in [-0.3, -0.25) is 4.98 Å². The lowest BCUT2D eigenvalue weighted by molar-refractivity contribution is 0.318. The second-order valence-corrected chi connectivity index (χ2v) is 6.77. The molecule has 0 amide bonds. The Morgan fingerprint density at radius 1 is 1.65 bits per heavy atom. The van der Waals surface area contributed by atoms with Crippen LogP contribution in [0, 0.1) is 0 Å². The van der Waals surface area contributed by atoms with Gasteiger partial charge in [-0.25, -0.2) is 8.42 Å². The minimum atomic E-state index is -2.95. The third kappa shape index (κ3) is 5.05. The summed E-state index contributed by atoms with van der Waals surface area (Å²) in [4.78, 5) is 4.74. The standard InChI is InChI=1S/C9H13N3O3S2/c1-17(14,15)5-4-16-7-2-3-11-8(6-7)9(10)12-13/h2-3,6,13H,4-5H2,1H3,(H2,10,12). The van der Waals surface area contributed by atoms with E-state index in [9.17, 15) is 8.42 Å². The lowest BCUT2D eigenvalue weighted by Crippen LogP contribution is -2.14. The second kappa shape index (κ2) is 5.87. The van der Waals surface area contributed by atoms with E-state index in [1.165, 1.54) is 24.2 Å². The number of oxime groups is 1. The van der Waals surface area contributed by atoms with Gasteiger partial charge in [0.05, 0.1) is 5.75 Å². The Morgan fingerprint density at radius 2 is 2.35 bits per heavy atom. The molecule has 1 aromatic rings. The molecule has 0 saturated carbocycles. The summed E-state index contributed by atoms with van der Waals surface area (Å²) in [7, 11) is -2.95. The first kappa shape index (κ1) is 13.8. The molecule has 94 valence electrons. The molecular weight excluding hydrogens is 262 g/mol. The number of rotatable bonds is 5. The fraction of sp³-hybridized carbons (Fsp3) is 0.333. The van der Waals surface area contributed by atoms with Crippen LogP contribution in [-0.2, 0) is 9.84 Å². The lowest BCUT2D eigenvalue weighted by Gasteiger charge is -2.02. The van der Waals surface area contributed by atoms with Crippen LogP contribution in [0.15, 0.2) is 28.4 Å². The zero-order chi connectivity index (χ0) is 12.9. The summed E-state index contributed by atoms with van der Waals surface area (Å²) in [6.07, 6.45) is 2.72. The van der Waals surface area contributed by atoms with E-state index >= 15 is 0 Å². The van der Waals surface area contributed by atoms with Crippen LogP contribution in [-0.4, -0.2) is 42.2 Å². The van der Waals surface area contributed by atoms with E-state index in [1.807, 2.05) is 0 Å². The zero-order valence-electron chi connectivity index (χ0n) is 9.20. The lowest BCUT2D eigenvalue weighted by atomic mass is 10.3. The number of thioether (sulfide) groups is 1. The van der Waals surface area contributed by atoms with Crippen molar-refractivity contribution in [2.75, 3.05) is 17.8 Å². The fourth-order valence-electron chi connectivity index (χ4n) is 1.00. The summed E-state index contributed by atoms with van der Waals surface area (Å²) < 4.78 is 21.9. The van der Waals surface area contributed by atoms with E-state index in [0.29, 0.717) is 11.4 Å². The van der Waals surface area contributed by atoms with Crippen molar-refractivity contribution in [1.82, 2.24) is 4.98 Å². The van der Waals surface area contributed by atoms with Crippen molar-refractivity contribution in [3.8, 4) is 0 Å². The Morgan fingerprint density at radius 3 is 2.94 bits per heavy atom. The zero-order valence-corrected chi connectivity index (χ0v) is 10.8. The molecule has 0 unspecified atom stereocenters. The van der Waals surface area contributed by atoms with Crippen LogP contribution in [0.2, 0.25) is 0 Å². The molecule has 0 bridgehead atoms. The minimum Gasteiger partial charge on any atom is -0.409 e. The highest BCUT2D eigenvalue weighted by Crippen LogP contribution is 2.18. The molecule has 1 rings (SSSR count). The first-order chi connectivity index (χ1) is 7.92. The number of nitrogens with two attached hydrogens (primary N) is 1. The molecule has 1 heterocycles. The van der Waals surface area contributed by atoms with Crippen LogP contribution in [0.25, 0.3) is 0 Å². The van der Waals surface area contributed by atoms with Crippen LogP contribution in [0.5, 0.6) is 0 Å². The van der Waals surface area contributed by atoms with Gasteiger partial charge < -0.3 is 10.9 Å². The van der Waals surface area contributed by atoms with Crippen molar-refractivity contribution in [2.45, 2.75) is 4.90 Å². The van der Waals surface area contributed by atoms with Crippen LogP contribution in [0.3, 0.4) is 0 Å². The highest BCUT2D eigenvalue weighted by atomic mass is 32.2. The van der Waals surface area contributed by atoms with E-state index in [2.05, 4.69) is 10.1 Å². The molecule has 17 heavy (non-hydrogen) atoms. The molecule has 0 aliphatic carbocycles. The molecule has 0 aliphatic heterocycles. The predicted molar refractivity (Wildman–Crippen MR) is 67.2 cm³/mol. The van der Waals surface area contributed by atoms with Gasteiger partial charge in [0.25, 0.3) is 0 Å². The van der Waals surface area contributed by atoms with Crippen LogP contribution in [0.1, 0.15) is 5.69 Å². The Kier molecular flexibility index (Phi) is 4.76. The average Bonchev–Trinajstić information content (AvgIpc) is 2.27. The first-order valence-corrected chi connectivity index (χ1v) is 7.71. The molecule has 0 atom stereocenters. The minimum absolute atomic E-state index is 0.0736. The van der Waals surface area contributed by atoms with Crippen molar-refractivity contribution in [3.63, 3.8) is 0 Å².